The molecule has 0 bridgehead atoms. The molecular weight excluding hydrogens is 280 g/mol. The third-order valence-electron chi connectivity index (χ3n) is 3.07. The summed E-state index contributed by atoms with van der Waals surface area (Å²) < 4.78 is 33.1. The number of rotatable bonds is 3. The van der Waals surface area contributed by atoms with Gasteiger partial charge < -0.3 is 4.74 Å². The Labute approximate surface area is 117 Å². The highest BCUT2D eigenvalue weighted by molar-refractivity contribution is 5.74. The number of halogens is 2. The van der Waals surface area contributed by atoms with Crippen LogP contribution in [-0.4, -0.2) is 16.5 Å². The Morgan fingerprint density at radius 2 is 2.05 bits per heavy atom. The molecule has 0 aliphatic heterocycles. The van der Waals surface area contributed by atoms with Crippen molar-refractivity contribution in [2.75, 3.05) is 7.11 Å². The summed E-state index contributed by atoms with van der Waals surface area (Å²) in [6.45, 7) is 0. The van der Waals surface area contributed by atoms with E-state index in [2.05, 4.69) is 10.2 Å². The first-order valence-corrected chi connectivity index (χ1v) is 5.99. The van der Waals surface area contributed by atoms with E-state index in [0.717, 1.165) is 6.20 Å². The number of pyridine rings is 1. The molecule has 0 saturated heterocycles. The molecular formula is C14H9F2N3O2. The Balaban J connectivity index is 2.24. The highest BCUT2D eigenvalue weighted by Gasteiger charge is 2.17. The molecule has 3 rings (SSSR count). The molecule has 0 spiro atoms. The summed E-state index contributed by atoms with van der Waals surface area (Å²) in [5.41, 5.74) is 0.876. The van der Waals surface area contributed by atoms with Gasteiger partial charge in [-0.25, -0.2) is 13.8 Å². The lowest BCUT2D eigenvalue weighted by atomic mass is 10.1. The Hall–Kier alpha value is -2.83. The molecule has 21 heavy (non-hydrogen) atoms. The minimum absolute atomic E-state index is 0.0779. The van der Waals surface area contributed by atoms with E-state index in [4.69, 9.17) is 4.74 Å². The van der Waals surface area contributed by atoms with Crippen LogP contribution in [-0.2, 0) is 0 Å². The largest absolute Gasteiger partial charge is 0.494 e. The molecule has 3 aromatic rings. The fraction of sp³-hybridized carbons (Fsp3) is 0.0714. The van der Waals surface area contributed by atoms with Gasteiger partial charge in [0.25, 0.3) is 0 Å². The highest BCUT2D eigenvalue weighted by atomic mass is 19.1. The number of nitrogens with zero attached hydrogens (tertiary/aromatic N) is 3. The molecule has 5 nitrogen and oxygen atoms in total. The molecule has 1 aromatic carbocycles. The molecule has 0 atom stereocenters. The summed E-state index contributed by atoms with van der Waals surface area (Å²) in [6.07, 6.45) is 1.10. The minimum atomic E-state index is -0.588. The van der Waals surface area contributed by atoms with Crippen LogP contribution in [0.5, 0.6) is 5.75 Å². The van der Waals surface area contributed by atoms with E-state index >= 15 is 0 Å². The second-order valence-corrected chi connectivity index (χ2v) is 4.30. The summed E-state index contributed by atoms with van der Waals surface area (Å²) >= 11 is 0. The molecule has 0 fully saturated rings. The van der Waals surface area contributed by atoms with E-state index in [1.807, 2.05) is 0 Å². The first kappa shape index (κ1) is 13.2. The summed E-state index contributed by atoms with van der Waals surface area (Å²) in [5, 5.41) is 2.88. The number of fused-ring (bicyclic) bond motifs is 1. The van der Waals surface area contributed by atoms with Gasteiger partial charge in [-0.05, 0) is 35.5 Å². The first-order valence-electron chi connectivity index (χ1n) is 5.99. The Morgan fingerprint density at radius 3 is 2.71 bits per heavy atom. The van der Waals surface area contributed by atoms with E-state index in [-0.39, 0.29) is 17.3 Å². The van der Waals surface area contributed by atoms with Gasteiger partial charge in [0.2, 0.25) is 5.82 Å². The lowest BCUT2D eigenvalue weighted by Gasteiger charge is -2.03. The maximum Gasteiger partial charge on any atom is 0.209 e. The Kier molecular flexibility index (Phi) is 3.09. The number of aromatic nitrogens is 2. The van der Waals surface area contributed by atoms with Crippen molar-refractivity contribution in [3.05, 3.63) is 53.1 Å². The van der Waals surface area contributed by atoms with Gasteiger partial charge in [-0.3, -0.25) is 4.40 Å². The fourth-order valence-electron chi connectivity index (χ4n) is 2.10. The SMILES string of the molecule is COc1ccc(-c2nc3ccc(F)cn3c2N=O)cc1F. The van der Waals surface area contributed by atoms with Crippen LogP contribution >= 0.6 is 0 Å². The van der Waals surface area contributed by atoms with E-state index in [9.17, 15) is 13.7 Å². The van der Waals surface area contributed by atoms with Gasteiger partial charge in [-0.2, -0.15) is 0 Å². The number of benzene rings is 1. The zero-order valence-corrected chi connectivity index (χ0v) is 10.9. The standard InChI is InChI=1S/C14H9F2N3O2/c1-21-11-4-2-8(6-10(11)16)13-14(18-20)19-7-9(15)3-5-12(19)17-13/h2-7H,1H3. The number of imidazole rings is 1. The topological polar surface area (TPSA) is 56.0 Å². The first-order chi connectivity index (χ1) is 10.1. The van der Waals surface area contributed by atoms with Crippen LogP contribution < -0.4 is 4.74 Å². The van der Waals surface area contributed by atoms with E-state index in [1.54, 1.807) is 6.07 Å². The quantitative estimate of drug-likeness (QED) is 0.691. The van der Waals surface area contributed by atoms with Gasteiger partial charge in [0.15, 0.2) is 11.6 Å². The van der Waals surface area contributed by atoms with E-state index in [1.165, 1.54) is 35.8 Å². The van der Waals surface area contributed by atoms with Gasteiger partial charge in [-0.1, -0.05) is 0 Å². The van der Waals surface area contributed by atoms with Crippen LogP contribution in [0.4, 0.5) is 14.6 Å². The number of hydrogen-bond acceptors (Lipinski definition) is 4. The zero-order valence-electron chi connectivity index (χ0n) is 10.9. The molecule has 0 radical (unpaired) electrons. The predicted molar refractivity (Wildman–Crippen MR) is 72.6 cm³/mol. The summed E-state index contributed by atoms with van der Waals surface area (Å²) in [6, 6.07) is 6.78. The fourth-order valence-corrected chi connectivity index (χ4v) is 2.10. The van der Waals surface area contributed by atoms with Gasteiger partial charge in [0.1, 0.15) is 17.2 Å². The average Bonchev–Trinajstić information content (AvgIpc) is 2.84. The third-order valence-corrected chi connectivity index (χ3v) is 3.07. The van der Waals surface area contributed by atoms with Crippen molar-refractivity contribution in [3.63, 3.8) is 0 Å². The normalized spacial score (nSPS) is 10.8. The Bertz CT molecular complexity index is 846. The van der Waals surface area contributed by atoms with Crippen LogP contribution in [0.15, 0.2) is 41.7 Å². The highest BCUT2D eigenvalue weighted by Crippen LogP contribution is 2.33. The summed E-state index contributed by atoms with van der Waals surface area (Å²) in [4.78, 5) is 15.2. The monoisotopic (exact) mass is 289 g/mol. The Morgan fingerprint density at radius 1 is 1.24 bits per heavy atom. The van der Waals surface area contributed by atoms with Gasteiger partial charge in [0, 0.05) is 11.8 Å². The van der Waals surface area contributed by atoms with Crippen molar-refractivity contribution in [1.82, 2.24) is 9.38 Å². The molecule has 0 saturated carbocycles. The van der Waals surface area contributed by atoms with Crippen molar-refractivity contribution in [3.8, 4) is 17.0 Å². The molecule has 0 aliphatic carbocycles. The third kappa shape index (κ3) is 2.12. The molecule has 0 unspecified atom stereocenters. The molecule has 0 aliphatic rings. The zero-order chi connectivity index (χ0) is 15.0. The number of methoxy groups -OCH3 is 1. The van der Waals surface area contributed by atoms with Crippen LogP contribution in [0.2, 0.25) is 0 Å². The minimum Gasteiger partial charge on any atom is -0.494 e. The maximum absolute atomic E-state index is 13.8. The molecule has 106 valence electrons. The predicted octanol–water partition coefficient (Wildman–Crippen LogP) is 3.69. The van der Waals surface area contributed by atoms with Crippen molar-refractivity contribution in [1.29, 1.82) is 0 Å². The van der Waals surface area contributed by atoms with E-state index in [0.29, 0.717) is 11.2 Å². The van der Waals surface area contributed by atoms with Crippen LogP contribution in [0, 0.1) is 16.5 Å². The lowest BCUT2D eigenvalue weighted by molar-refractivity contribution is 0.386. The van der Waals surface area contributed by atoms with Crippen molar-refractivity contribution in [2.24, 2.45) is 5.18 Å². The summed E-state index contributed by atoms with van der Waals surface area (Å²) in [7, 11) is 1.35. The molecule has 0 N–H and O–H groups in total. The van der Waals surface area contributed by atoms with Crippen LogP contribution in [0.1, 0.15) is 0 Å². The van der Waals surface area contributed by atoms with E-state index < -0.39 is 11.6 Å². The lowest BCUT2D eigenvalue weighted by Crippen LogP contribution is -1.89. The van der Waals surface area contributed by atoms with Gasteiger partial charge in [-0.15, -0.1) is 4.91 Å². The molecule has 2 heterocycles. The van der Waals surface area contributed by atoms with Crippen molar-refractivity contribution in [2.45, 2.75) is 0 Å². The molecule has 2 aromatic heterocycles. The van der Waals surface area contributed by atoms with Gasteiger partial charge >= 0.3 is 0 Å². The van der Waals surface area contributed by atoms with Crippen molar-refractivity contribution < 1.29 is 13.5 Å². The van der Waals surface area contributed by atoms with Crippen LogP contribution in [0.25, 0.3) is 16.9 Å². The van der Waals surface area contributed by atoms with Crippen LogP contribution in [0.3, 0.4) is 0 Å². The van der Waals surface area contributed by atoms with Crippen molar-refractivity contribution >= 4 is 11.5 Å². The molecule has 0 amide bonds. The second-order valence-electron chi connectivity index (χ2n) is 4.30. The maximum atomic E-state index is 13.8. The number of ether oxygens (including phenoxy) is 1. The second kappa shape index (κ2) is 4.93. The number of nitroso groups, excluding NO2 is 1. The number of hydrogen-bond donors (Lipinski definition) is 0. The molecule has 7 heteroatoms. The summed E-state index contributed by atoms with van der Waals surface area (Å²) in [5.74, 6) is -1.13. The smallest absolute Gasteiger partial charge is 0.209 e. The average molecular weight is 289 g/mol. The van der Waals surface area contributed by atoms with Gasteiger partial charge in [0.05, 0.1) is 7.11 Å².